The van der Waals surface area contributed by atoms with Crippen LogP contribution in [-0.4, -0.2) is 19.9 Å². The highest BCUT2D eigenvalue weighted by atomic mass is 32.1. The summed E-state index contributed by atoms with van der Waals surface area (Å²) in [5, 5.41) is 2.40. The van der Waals surface area contributed by atoms with E-state index < -0.39 is 0 Å². The number of aromatic nitrogens is 3. The van der Waals surface area contributed by atoms with Crippen LogP contribution in [0, 0.1) is 13.8 Å². The molecule has 0 amide bonds. The summed E-state index contributed by atoms with van der Waals surface area (Å²) in [5.74, 6) is -0.0825. The molecule has 0 aliphatic rings. The Morgan fingerprint density at radius 2 is 1.93 bits per heavy atom. The Kier molecular flexibility index (Phi) is 4.49. The standard InChI is InChI=1S/C21H19N3O2S/c1-14-10-18(15(2)24(14)11-16-6-4-3-5-7-16)19(25)12-23-13-22-20-17(21(23)26)8-9-27-20/h3-10,13H,11-12H2,1-2H3. The summed E-state index contributed by atoms with van der Waals surface area (Å²) in [5.41, 5.74) is 3.60. The maximum absolute atomic E-state index is 12.9. The van der Waals surface area contributed by atoms with E-state index in [1.807, 2.05) is 43.5 Å². The molecule has 3 heterocycles. The highest BCUT2D eigenvalue weighted by molar-refractivity contribution is 7.16. The molecular weight excluding hydrogens is 358 g/mol. The van der Waals surface area contributed by atoms with Crippen LogP contribution >= 0.6 is 11.3 Å². The van der Waals surface area contributed by atoms with E-state index >= 15 is 0 Å². The van der Waals surface area contributed by atoms with Gasteiger partial charge in [0.1, 0.15) is 4.83 Å². The van der Waals surface area contributed by atoms with Crippen LogP contribution in [0.15, 0.2) is 59.0 Å². The largest absolute Gasteiger partial charge is 0.344 e. The Bertz CT molecular complexity index is 1190. The molecule has 3 aromatic heterocycles. The van der Waals surface area contributed by atoms with E-state index in [0.717, 1.165) is 11.4 Å². The molecule has 0 fully saturated rings. The number of carbonyl (C=O) groups is 1. The third-order valence-electron chi connectivity index (χ3n) is 4.82. The van der Waals surface area contributed by atoms with Gasteiger partial charge in [-0.25, -0.2) is 4.98 Å². The van der Waals surface area contributed by atoms with Crippen LogP contribution < -0.4 is 5.56 Å². The second-order valence-electron chi connectivity index (χ2n) is 6.60. The number of rotatable bonds is 5. The second-order valence-corrected chi connectivity index (χ2v) is 7.49. The fraction of sp³-hybridized carbons (Fsp3) is 0.190. The monoisotopic (exact) mass is 377 g/mol. The van der Waals surface area contributed by atoms with Crippen LogP contribution in [0.5, 0.6) is 0 Å². The SMILES string of the molecule is Cc1cc(C(=O)Cn2cnc3sccc3c2=O)c(C)n1Cc1ccccc1. The van der Waals surface area contributed by atoms with E-state index in [4.69, 9.17) is 0 Å². The molecule has 0 radical (unpaired) electrons. The first-order chi connectivity index (χ1) is 13.0. The molecule has 4 aromatic rings. The molecule has 0 N–H and O–H groups in total. The number of benzene rings is 1. The van der Waals surface area contributed by atoms with Gasteiger partial charge in [0, 0.05) is 23.5 Å². The van der Waals surface area contributed by atoms with Gasteiger partial charge in [-0.3, -0.25) is 14.2 Å². The molecule has 0 spiro atoms. The predicted molar refractivity (Wildman–Crippen MR) is 108 cm³/mol. The number of hydrogen-bond donors (Lipinski definition) is 0. The van der Waals surface area contributed by atoms with Gasteiger partial charge in [0.25, 0.3) is 5.56 Å². The van der Waals surface area contributed by atoms with Crippen molar-refractivity contribution in [3.8, 4) is 0 Å². The molecule has 27 heavy (non-hydrogen) atoms. The minimum absolute atomic E-state index is 0.00670. The lowest BCUT2D eigenvalue weighted by Crippen LogP contribution is -2.24. The number of thiophene rings is 1. The van der Waals surface area contributed by atoms with Gasteiger partial charge in [0.2, 0.25) is 0 Å². The van der Waals surface area contributed by atoms with Crippen molar-refractivity contribution in [2.45, 2.75) is 26.9 Å². The molecule has 0 saturated heterocycles. The maximum Gasteiger partial charge on any atom is 0.262 e. The lowest BCUT2D eigenvalue weighted by Gasteiger charge is -2.10. The summed E-state index contributed by atoms with van der Waals surface area (Å²) in [6, 6.07) is 13.8. The van der Waals surface area contributed by atoms with Gasteiger partial charge in [0.05, 0.1) is 18.3 Å². The van der Waals surface area contributed by atoms with Gasteiger partial charge in [-0.05, 0) is 36.9 Å². The Labute approximate surface area is 160 Å². The van der Waals surface area contributed by atoms with Gasteiger partial charge in [-0.1, -0.05) is 30.3 Å². The third-order valence-corrected chi connectivity index (χ3v) is 5.64. The van der Waals surface area contributed by atoms with Crippen molar-refractivity contribution < 1.29 is 4.79 Å². The normalized spacial score (nSPS) is 11.2. The van der Waals surface area contributed by atoms with Crippen LogP contribution in [0.4, 0.5) is 0 Å². The molecule has 5 nitrogen and oxygen atoms in total. The molecular formula is C21H19N3O2S. The van der Waals surface area contributed by atoms with E-state index in [0.29, 0.717) is 22.3 Å². The van der Waals surface area contributed by atoms with Crippen molar-refractivity contribution in [2.75, 3.05) is 0 Å². The molecule has 0 bridgehead atoms. The van der Waals surface area contributed by atoms with Crippen LogP contribution in [0.25, 0.3) is 10.2 Å². The molecule has 1 aromatic carbocycles. The number of aryl methyl sites for hydroxylation is 1. The summed E-state index contributed by atoms with van der Waals surface area (Å²) in [4.78, 5) is 30.4. The first-order valence-corrected chi connectivity index (χ1v) is 9.59. The molecule has 136 valence electrons. The average molecular weight is 377 g/mol. The third kappa shape index (κ3) is 3.24. The number of hydrogen-bond acceptors (Lipinski definition) is 4. The lowest BCUT2D eigenvalue weighted by molar-refractivity contribution is 0.0970. The summed E-state index contributed by atoms with van der Waals surface area (Å²) >= 11 is 1.42. The van der Waals surface area contributed by atoms with Gasteiger partial charge in [-0.15, -0.1) is 11.3 Å². The van der Waals surface area contributed by atoms with Crippen LogP contribution in [-0.2, 0) is 13.1 Å². The molecule has 0 aliphatic heterocycles. The number of carbonyl (C=O) groups excluding carboxylic acids is 1. The number of Topliss-reactive ketones (excluding diaryl/α,β-unsaturated/α-hetero) is 1. The van der Waals surface area contributed by atoms with Gasteiger partial charge >= 0.3 is 0 Å². The Hall–Kier alpha value is -2.99. The topological polar surface area (TPSA) is 56.9 Å². The molecule has 0 unspecified atom stereocenters. The van der Waals surface area contributed by atoms with Crippen molar-refractivity contribution >= 4 is 27.3 Å². The van der Waals surface area contributed by atoms with E-state index in [2.05, 4.69) is 21.7 Å². The zero-order chi connectivity index (χ0) is 19.0. The van der Waals surface area contributed by atoms with Crippen molar-refractivity contribution in [1.29, 1.82) is 0 Å². The fourth-order valence-corrected chi connectivity index (χ4v) is 4.06. The van der Waals surface area contributed by atoms with Gasteiger partial charge < -0.3 is 4.57 Å². The summed E-state index contributed by atoms with van der Waals surface area (Å²) < 4.78 is 3.52. The molecule has 0 aliphatic carbocycles. The van der Waals surface area contributed by atoms with E-state index in [1.54, 1.807) is 6.07 Å². The maximum atomic E-state index is 12.9. The van der Waals surface area contributed by atoms with Crippen molar-refractivity contribution in [2.24, 2.45) is 0 Å². The van der Waals surface area contributed by atoms with E-state index in [9.17, 15) is 9.59 Å². The van der Waals surface area contributed by atoms with Gasteiger partial charge in [0.15, 0.2) is 5.78 Å². The van der Waals surface area contributed by atoms with Gasteiger partial charge in [-0.2, -0.15) is 0 Å². The number of ketones is 1. The average Bonchev–Trinajstić information content (AvgIpc) is 3.25. The number of fused-ring (bicyclic) bond motifs is 1. The minimum atomic E-state index is -0.173. The molecule has 0 saturated carbocycles. The lowest BCUT2D eigenvalue weighted by atomic mass is 10.1. The van der Waals surface area contributed by atoms with E-state index in [1.165, 1.54) is 27.8 Å². The predicted octanol–water partition coefficient (Wildman–Crippen LogP) is 3.81. The summed E-state index contributed by atoms with van der Waals surface area (Å²) in [6.07, 6.45) is 1.46. The summed E-state index contributed by atoms with van der Waals surface area (Å²) in [7, 11) is 0. The molecule has 6 heteroatoms. The molecule has 4 rings (SSSR count). The van der Waals surface area contributed by atoms with Crippen molar-refractivity contribution in [3.05, 3.63) is 87.0 Å². The smallest absolute Gasteiger partial charge is 0.262 e. The minimum Gasteiger partial charge on any atom is -0.344 e. The zero-order valence-electron chi connectivity index (χ0n) is 15.2. The quantitative estimate of drug-likeness (QED) is 0.497. The van der Waals surface area contributed by atoms with Crippen LogP contribution in [0.2, 0.25) is 0 Å². The Morgan fingerprint density at radius 1 is 1.15 bits per heavy atom. The first kappa shape index (κ1) is 17.4. The van der Waals surface area contributed by atoms with Crippen molar-refractivity contribution in [3.63, 3.8) is 0 Å². The first-order valence-electron chi connectivity index (χ1n) is 8.71. The zero-order valence-corrected chi connectivity index (χ0v) is 16.0. The second kappa shape index (κ2) is 6.96. The Morgan fingerprint density at radius 3 is 2.70 bits per heavy atom. The highest BCUT2D eigenvalue weighted by Crippen LogP contribution is 2.19. The molecule has 0 atom stereocenters. The fourth-order valence-electron chi connectivity index (χ4n) is 3.34. The van der Waals surface area contributed by atoms with Crippen LogP contribution in [0.1, 0.15) is 27.3 Å². The van der Waals surface area contributed by atoms with Crippen molar-refractivity contribution in [1.82, 2.24) is 14.1 Å². The summed E-state index contributed by atoms with van der Waals surface area (Å²) in [6.45, 7) is 4.66. The Balaban J connectivity index is 1.63. The van der Waals surface area contributed by atoms with Crippen LogP contribution in [0.3, 0.4) is 0 Å². The van der Waals surface area contributed by atoms with E-state index in [-0.39, 0.29) is 17.9 Å². The number of nitrogens with zero attached hydrogens (tertiary/aromatic N) is 3. The highest BCUT2D eigenvalue weighted by Gasteiger charge is 2.17.